The second kappa shape index (κ2) is 9.15. The van der Waals surface area contributed by atoms with Crippen molar-refractivity contribution in [3.05, 3.63) is 35.0 Å². The van der Waals surface area contributed by atoms with Crippen LogP contribution in [0, 0.1) is 6.92 Å². The first-order chi connectivity index (χ1) is 12.9. The molecule has 27 heavy (non-hydrogen) atoms. The molecule has 0 unspecified atom stereocenters. The minimum absolute atomic E-state index is 0.0290. The zero-order chi connectivity index (χ0) is 20.0. The zero-order valence-corrected chi connectivity index (χ0v) is 15.7. The van der Waals surface area contributed by atoms with Gasteiger partial charge >= 0.3 is 11.9 Å². The van der Waals surface area contributed by atoms with Gasteiger partial charge in [0.2, 0.25) is 5.91 Å². The van der Waals surface area contributed by atoms with Gasteiger partial charge in [0.25, 0.3) is 0 Å². The quantitative estimate of drug-likeness (QED) is 0.731. The van der Waals surface area contributed by atoms with Crippen molar-refractivity contribution >= 4 is 29.2 Å². The van der Waals surface area contributed by atoms with E-state index in [9.17, 15) is 14.4 Å². The Bertz CT molecular complexity index is 773. The van der Waals surface area contributed by atoms with E-state index in [2.05, 4.69) is 5.32 Å². The molecule has 1 heterocycles. The van der Waals surface area contributed by atoms with E-state index >= 15 is 0 Å². The van der Waals surface area contributed by atoms with Crippen molar-refractivity contribution in [3.8, 4) is 0 Å². The minimum atomic E-state index is -0.688. The van der Waals surface area contributed by atoms with E-state index in [1.165, 1.54) is 26.2 Å². The second-order valence-electron chi connectivity index (χ2n) is 5.65. The number of ether oxygens (including phenoxy) is 4. The third-order valence-corrected chi connectivity index (χ3v) is 3.98. The smallest absolute Gasteiger partial charge is 0.355 e. The average molecular weight is 378 g/mol. The number of carbonyl (C=O) groups excluding carboxylic acids is 3. The number of esters is 2. The van der Waals surface area contributed by atoms with Crippen LogP contribution in [0.5, 0.6) is 0 Å². The molecule has 1 aliphatic heterocycles. The van der Waals surface area contributed by atoms with Crippen LogP contribution in [0.1, 0.15) is 5.56 Å². The van der Waals surface area contributed by atoms with E-state index in [4.69, 9.17) is 18.9 Å². The fourth-order valence-corrected chi connectivity index (χ4v) is 2.70. The van der Waals surface area contributed by atoms with E-state index in [1.54, 1.807) is 25.1 Å². The van der Waals surface area contributed by atoms with Crippen molar-refractivity contribution in [1.29, 1.82) is 0 Å². The first-order valence-electron chi connectivity index (χ1n) is 8.08. The Kier molecular flexibility index (Phi) is 6.91. The lowest BCUT2D eigenvalue weighted by molar-refractivity contribution is -0.140. The van der Waals surface area contributed by atoms with Crippen LogP contribution >= 0.6 is 0 Å². The molecular formula is C18H22N2O7. The topological polar surface area (TPSA) is 103 Å². The maximum atomic E-state index is 12.4. The summed E-state index contributed by atoms with van der Waals surface area (Å²) in [4.78, 5) is 37.8. The van der Waals surface area contributed by atoms with Crippen LogP contribution in [0.15, 0.2) is 29.5 Å². The van der Waals surface area contributed by atoms with Gasteiger partial charge in [-0.2, -0.15) is 0 Å². The van der Waals surface area contributed by atoms with Crippen LogP contribution in [0.4, 0.5) is 11.4 Å². The number of hydrogen-bond acceptors (Lipinski definition) is 8. The van der Waals surface area contributed by atoms with E-state index in [0.29, 0.717) is 16.9 Å². The predicted octanol–water partition coefficient (Wildman–Crippen LogP) is 0.974. The van der Waals surface area contributed by atoms with Crippen LogP contribution in [0.3, 0.4) is 0 Å². The van der Waals surface area contributed by atoms with Crippen LogP contribution in [0.2, 0.25) is 0 Å². The molecule has 0 radical (unpaired) electrons. The summed E-state index contributed by atoms with van der Waals surface area (Å²) in [6.45, 7) is 1.65. The maximum absolute atomic E-state index is 12.4. The van der Waals surface area contributed by atoms with Gasteiger partial charge in [0.15, 0.2) is 0 Å². The Labute approximate surface area is 156 Å². The number of rotatable bonds is 6. The highest BCUT2D eigenvalue weighted by Crippen LogP contribution is 2.32. The van der Waals surface area contributed by atoms with Crippen molar-refractivity contribution in [2.75, 3.05) is 51.5 Å². The number of nitrogens with zero attached hydrogens (tertiary/aromatic N) is 1. The largest absolute Gasteiger partial charge is 0.466 e. The van der Waals surface area contributed by atoms with E-state index in [0.717, 1.165) is 0 Å². The highest BCUT2D eigenvalue weighted by atomic mass is 16.5. The summed E-state index contributed by atoms with van der Waals surface area (Å²) in [6, 6.07) is 5.18. The van der Waals surface area contributed by atoms with Crippen molar-refractivity contribution in [2.45, 2.75) is 6.92 Å². The lowest BCUT2D eigenvalue weighted by atomic mass is 10.1. The molecule has 0 saturated heterocycles. The molecule has 1 amide bonds. The predicted molar refractivity (Wildman–Crippen MR) is 96.0 cm³/mol. The van der Waals surface area contributed by atoms with Gasteiger partial charge < -0.3 is 29.2 Å². The molecular weight excluding hydrogens is 356 g/mol. The number of hydrogen-bond donors (Lipinski definition) is 1. The molecule has 9 nitrogen and oxygen atoms in total. The first-order valence-corrected chi connectivity index (χ1v) is 8.08. The molecule has 9 heteroatoms. The second-order valence-corrected chi connectivity index (χ2v) is 5.65. The Balaban J connectivity index is 2.50. The first kappa shape index (κ1) is 20.4. The number of methoxy groups -OCH3 is 3. The van der Waals surface area contributed by atoms with Crippen LogP contribution in [-0.4, -0.2) is 59.1 Å². The Morgan fingerprint density at radius 1 is 1.15 bits per heavy atom. The Morgan fingerprint density at radius 2 is 1.85 bits per heavy atom. The van der Waals surface area contributed by atoms with Crippen molar-refractivity contribution in [2.24, 2.45) is 0 Å². The number of nitrogens with one attached hydrogen (secondary N) is 1. The van der Waals surface area contributed by atoms with Crippen molar-refractivity contribution in [1.82, 2.24) is 0 Å². The molecule has 0 atom stereocenters. The highest BCUT2D eigenvalue weighted by molar-refractivity contribution is 6.04. The lowest BCUT2D eigenvalue weighted by Crippen LogP contribution is -2.39. The van der Waals surface area contributed by atoms with Crippen molar-refractivity contribution < 1.29 is 33.3 Å². The molecule has 0 aromatic heterocycles. The van der Waals surface area contributed by atoms with Crippen molar-refractivity contribution in [3.63, 3.8) is 0 Å². The fraction of sp³-hybridized carbons (Fsp3) is 0.389. The molecule has 1 N–H and O–H groups in total. The Hall–Kier alpha value is -2.91. The van der Waals surface area contributed by atoms with E-state index in [1.807, 2.05) is 0 Å². The SMILES string of the molecule is COCC(=O)Nc1cccc(N2COCC(C(=O)OC)=C2C(=O)OC)c1C. The van der Waals surface area contributed by atoms with Gasteiger partial charge in [-0.15, -0.1) is 0 Å². The lowest BCUT2D eigenvalue weighted by Gasteiger charge is -2.32. The summed E-state index contributed by atoms with van der Waals surface area (Å²) in [5.41, 5.74) is 1.90. The number of anilines is 2. The molecule has 0 spiro atoms. The summed E-state index contributed by atoms with van der Waals surface area (Å²) in [5, 5.41) is 2.74. The van der Waals surface area contributed by atoms with Gasteiger partial charge in [-0.05, 0) is 24.6 Å². The summed E-state index contributed by atoms with van der Waals surface area (Å²) >= 11 is 0. The molecule has 146 valence electrons. The van der Waals surface area contributed by atoms with Gasteiger partial charge in [-0.1, -0.05) is 6.07 Å². The molecule has 0 saturated carbocycles. The van der Waals surface area contributed by atoms with E-state index in [-0.39, 0.29) is 37.1 Å². The van der Waals surface area contributed by atoms with Crippen LogP contribution in [0.25, 0.3) is 0 Å². The molecule has 0 bridgehead atoms. The van der Waals surface area contributed by atoms with Crippen LogP contribution in [-0.2, 0) is 33.3 Å². The summed E-state index contributed by atoms with van der Waals surface area (Å²) in [7, 11) is 3.88. The normalized spacial score (nSPS) is 14.0. The van der Waals surface area contributed by atoms with Gasteiger partial charge in [0, 0.05) is 18.5 Å². The highest BCUT2D eigenvalue weighted by Gasteiger charge is 2.33. The Morgan fingerprint density at radius 3 is 2.48 bits per heavy atom. The fourth-order valence-electron chi connectivity index (χ4n) is 2.70. The van der Waals surface area contributed by atoms with E-state index < -0.39 is 11.9 Å². The molecule has 1 aliphatic rings. The molecule has 1 aromatic carbocycles. The maximum Gasteiger partial charge on any atom is 0.355 e. The number of carbonyl (C=O) groups is 3. The molecule has 2 rings (SSSR count). The van der Waals surface area contributed by atoms with Gasteiger partial charge in [0.05, 0.1) is 26.4 Å². The molecule has 0 fully saturated rings. The van der Waals surface area contributed by atoms with Gasteiger partial charge in [-0.3, -0.25) is 4.79 Å². The zero-order valence-electron chi connectivity index (χ0n) is 15.7. The number of amides is 1. The number of benzene rings is 1. The third kappa shape index (κ3) is 4.44. The summed E-state index contributed by atoms with van der Waals surface area (Å²) < 4.78 is 19.9. The standard InChI is InChI=1S/C18H22N2O7/c1-11-13(19-15(21)9-24-2)6-5-7-14(11)20-10-27-8-12(17(22)25-3)16(20)18(23)26-4/h5-7H,8-10H2,1-4H3,(H,19,21). The molecule has 0 aliphatic carbocycles. The third-order valence-electron chi connectivity index (χ3n) is 3.98. The summed E-state index contributed by atoms with van der Waals surface area (Å²) in [6.07, 6.45) is 0. The average Bonchev–Trinajstić information content (AvgIpc) is 2.68. The van der Waals surface area contributed by atoms with Gasteiger partial charge in [0.1, 0.15) is 19.0 Å². The minimum Gasteiger partial charge on any atom is -0.466 e. The van der Waals surface area contributed by atoms with Crippen LogP contribution < -0.4 is 10.2 Å². The monoisotopic (exact) mass is 378 g/mol. The molecule has 1 aromatic rings. The van der Waals surface area contributed by atoms with Gasteiger partial charge in [-0.25, -0.2) is 9.59 Å². The summed E-state index contributed by atoms with van der Waals surface area (Å²) in [5.74, 6) is -1.68.